The minimum Gasteiger partial charge on any atom is -1.00 e. The van der Waals surface area contributed by atoms with Crippen molar-refractivity contribution in [1.82, 2.24) is 4.90 Å². The summed E-state index contributed by atoms with van der Waals surface area (Å²) in [7, 11) is 0. The predicted octanol–water partition coefficient (Wildman–Crippen LogP) is -5.14. The molecule has 3 N–H and O–H groups in total. The van der Waals surface area contributed by atoms with Crippen LogP contribution in [-0.4, -0.2) is 50.8 Å². The Kier molecular flexibility index (Phi) is 7.78. The summed E-state index contributed by atoms with van der Waals surface area (Å²) in [6, 6.07) is 9.20. The molecule has 1 aliphatic heterocycles. The molecule has 0 radical (unpaired) electrons. The van der Waals surface area contributed by atoms with E-state index in [-0.39, 0.29) is 60.1 Å². The molecule has 0 spiro atoms. The number of likely N-dealkylation sites (tertiary alicyclic amines) is 1. The molecule has 2 aromatic rings. The summed E-state index contributed by atoms with van der Waals surface area (Å²) >= 11 is 7.17. The van der Waals surface area contributed by atoms with Crippen molar-refractivity contribution >= 4 is 39.4 Å². The number of aliphatic hydroxyl groups excluding tert-OH is 2. The fourth-order valence-electron chi connectivity index (χ4n) is 2.61. The smallest absolute Gasteiger partial charge is 1.00 e. The van der Waals surface area contributed by atoms with Crippen LogP contribution in [0.4, 0.5) is 0 Å². The largest absolute Gasteiger partial charge is 1.00 e. The monoisotopic (exact) mass is 477 g/mol. The SMILES string of the molecule is O=CN1CC(Cl)C(O)C(O)C1(O)c1cc2ccccc2s1.[I-].[Na+]. The third-order valence-electron chi connectivity index (χ3n) is 3.83. The molecule has 2 heterocycles. The summed E-state index contributed by atoms with van der Waals surface area (Å²) < 4.78 is 0.918. The van der Waals surface area contributed by atoms with Crippen molar-refractivity contribution in [3.63, 3.8) is 0 Å². The van der Waals surface area contributed by atoms with E-state index in [9.17, 15) is 20.1 Å². The van der Waals surface area contributed by atoms with Crippen molar-refractivity contribution in [2.75, 3.05) is 6.54 Å². The molecular formula is C14H14ClINNaO4S. The maximum Gasteiger partial charge on any atom is 1.00 e. The van der Waals surface area contributed by atoms with Crippen LogP contribution in [0.2, 0.25) is 0 Å². The molecule has 1 fully saturated rings. The van der Waals surface area contributed by atoms with Crippen molar-refractivity contribution < 1.29 is 73.6 Å². The number of carbonyl (C=O) groups excluding carboxylic acids is 1. The van der Waals surface area contributed by atoms with E-state index in [1.165, 1.54) is 11.3 Å². The Hall–Kier alpha value is 0.550. The second-order valence-electron chi connectivity index (χ2n) is 5.08. The number of hydrogen-bond donors (Lipinski definition) is 3. The normalized spacial score (nSPS) is 30.4. The molecule has 9 heteroatoms. The molecule has 5 nitrogen and oxygen atoms in total. The molecule has 1 aliphatic rings. The molecule has 4 unspecified atom stereocenters. The molecular weight excluding hydrogens is 464 g/mol. The minimum absolute atomic E-state index is 0. The Morgan fingerprint density at radius 2 is 2.00 bits per heavy atom. The van der Waals surface area contributed by atoms with E-state index in [4.69, 9.17) is 11.6 Å². The van der Waals surface area contributed by atoms with Gasteiger partial charge in [0.1, 0.15) is 12.2 Å². The van der Waals surface area contributed by atoms with Crippen LogP contribution in [-0.2, 0) is 10.5 Å². The van der Waals surface area contributed by atoms with Gasteiger partial charge in [0.25, 0.3) is 0 Å². The first-order valence-corrected chi connectivity index (χ1v) is 7.67. The Morgan fingerprint density at radius 1 is 1.35 bits per heavy atom. The molecule has 3 rings (SSSR count). The molecule has 1 aromatic heterocycles. The van der Waals surface area contributed by atoms with Crippen LogP contribution in [0.5, 0.6) is 0 Å². The van der Waals surface area contributed by atoms with Crippen molar-refractivity contribution in [1.29, 1.82) is 0 Å². The van der Waals surface area contributed by atoms with Crippen LogP contribution < -0.4 is 53.5 Å². The predicted molar refractivity (Wildman–Crippen MR) is 80.1 cm³/mol. The summed E-state index contributed by atoms with van der Waals surface area (Å²) in [5.41, 5.74) is -1.98. The average molecular weight is 478 g/mol. The Morgan fingerprint density at radius 3 is 2.61 bits per heavy atom. The summed E-state index contributed by atoms with van der Waals surface area (Å²) in [6.45, 7) is -0.0476. The van der Waals surface area contributed by atoms with Crippen molar-refractivity contribution in [2.24, 2.45) is 0 Å². The molecule has 120 valence electrons. The van der Waals surface area contributed by atoms with E-state index >= 15 is 0 Å². The van der Waals surface area contributed by atoms with Crippen LogP contribution in [0.15, 0.2) is 30.3 Å². The van der Waals surface area contributed by atoms with E-state index in [0.29, 0.717) is 11.3 Å². The number of amides is 1. The Balaban J connectivity index is 0.00000132. The minimum atomic E-state index is -1.98. The van der Waals surface area contributed by atoms with E-state index in [1.807, 2.05) is 24.3 Å². The van der Waals surface area contributed by atoms with Gasteiger partial charge in [-0.15, -0.1) is 22.9 Å². The second kappa shape index (κ2) is 8.29. The van der Waals surface area contributed by atoms with Crippen LogP contribution >= 0.6 is 22.9 Å². The molecule has 1 saturated heterocycles. The van der Waals surface area contributed by atoms with Gasteiger partial charge in [0, 0.05) is 11.2 Å². The fraction of sp³-hybridized carbons (Fsp3) is 0.357. The zero-order valence-corrected chi connectivity index (χ0v) is 18.0. The Bertz CT molecular complexity index is 657. The summed E-state index contributed by atoms with van der Waals surface area (Å²) in [4.78, 5) is 12.7. The van der Waals surface area contributed by atoms with Crippen LogP contribution in [0.25, 0.3) is 10.1 Å². The molecule has 1 aromatic carbocycles. The van der Waals surface area contributed by atoms with Gasteiger partial charge < -0.3 is 44.2 Å². The van der Waals surface area contributed by atoms with Gasteiger partial charge >= 0.3 is 29.6 Å². The van der Waals surface area contributed by atoms with Crippen molar-refractivity contribution in [3.8, 4) is 0 Å². The number of alkyl halides is 1. The number of aliphatic hydroxyl groups is 3. The number of hydrogen-bond acceptors (Lipinski definition) is 5. The summed E-state index contributed by atoms with van der Waals surface area (Å²) in [5.74, 6) is 0. The number of carbonyl (C=O) groups is 1. The van der Waals surface area contributed by atoms with Gasteiger partial charge in [0.15, 0.2) is 0 Å². The van der Waals surface area contributed by atoms with Crippen LogP contribution in [0, 0.1) is 0 Å². The van der Waals surface area contributed by atoms with E-state index < -0.39 is 23.3 Å². The average Bonchev–Trinajstić information content (AvgIpc) is 2.93. The quantitative estimate of drug-likeness (QED) is 0.175. The topological polar surface area (TPSA) is 81.0 Å². The van der Waals surface area contributed by atoms with E-state index in [2.05, 4.69) is 0 Å². The number of piperidine rings is 1. The second-order valence-corrected chi connectivity index (χ2v) is 6.73. The third-order valence-corrected chi connectivity index (χ3v) is 5.46. The van der Waals surface area contributed by atoms with Gasteiger partial charge in [-0.1, -0.05) is 18.2 Å². The van der Waals surface area contributed by atoms with Crippen molar-refractivity contribution in [2.45, 2.75) is 23.3 Å². The van der Waals surface area contributed by atoms with Gasteiger partial charge in [-0.3, -0.25) is 4.79 Å². The van der Waals surface area contributed by atoms with Gasteiger partial charge in [-0.05, 0) is 17.5 Å². The summed E-state index contributed by atoms with van der Waals surface area (Å²) in [6.07, 6.45) is -2.46. The number of nitrogens with zero attached hydrogens (tertiary/aromatic N) is 1. The number of fused-ring (bicyclic) bond motifs is 1. The number of rotatable bonds is 2. The number of halogens is 2. The van der Waals surface area contributed by atoms with Gasteiger partial charge in [0.2, 0.25) is 12.1 Å². The molecule has 0 aliphatic carbocycles. The molecule has 0 saturated carbocycles. The van der Waals surface area contributed by atoms with Crippen LogP contribution in [0.3, 0.4) is 0 Å². The Labute approximate surface area is 181 Å². The van der Waals surface area contributed by atoms with Gasteiger partial charge in [-0.25, -0.2) is 0 Å². The standard InChI is InChI=1S/C14H14ClNO4S.HI.Na/c15-9-6-16(7-17)14(20,13(19)12(9)18)11-5-8-3-1-2-4-10(8)21-11;;/h1-5,7,9,12-13,18-20H,6H2;1H;/q;;+1/p-1. The number of benzene rings is 1. The van der Waals surface area contributed by atoms with Crippen LogP contribution in [0.1, 0.15) is 4.88 Å². The maximum absolute atomic E-state index is 11.3. The summed E-state index contributed by atoms with van der Waals surface area (Å²) in [5, 5.41) is 31.2. The first kappa shape index (κ1) is 21.6. The van der Waals surface area contributed by atoms with E-state index in [0.717, 1.165) is 15.0 Å². The molecule has 4 atom stereocenters. The zero-order chi connectivity index (χ0) is 15.2. The molecule has 0 bridgehead atoms. The van der Waals surface area contributed by atoms with E-state index in [1.54, 1.807) is 6.07 Å². The zero-order valence-electron chi connectivity index (χ0n) is 12.3. The number of thiophene rings is 1. The van der Waals surface area contributed by atoms with Crippen molar-refractivity contribution in [3.05, 3.63) is 35.2 Å². The van der Waals surface area contributed by atoms with Gasteiger partial charge in [-0.2, -0.15) is 0 Å². The fourth-order valence-corrected chi connectivity index (χ4v) is 4.10. The third kappa shape index (κ3) is 3.58. The molecule has 23 heavy (non-hydrogen) atoms. The first-order valence-electron chi connectivity index (χ1n) is 6.42. The molecule has 1 amide bonds. The van der Waals surface area contributed by atoms with Gasteiger partial charge in [0.05, 0.1) is 10.3 Å². The maximum atomic E-state index is 11.3. The first-order chi connectivity index (χ1) is 9.98.